The molecule has 2 atom stereocenters. The number of aromatic nitrogens is 1. The van der Waals surface area contributed by atoms with Gasteiger partial charge in [0, 0.05) is 0 Å². The number of alkyl halides is 6. The first-order chi connectivity index (χ1) is 12.0. The lowest BCUT2D eigenvalue weighted by molar-refractivity contribution is -0.143. The van der Waals surface area contributed by atoms with Crippen molar-refractivity contribution in [2.45, 2.75) is 37.4 Å². The minimum Gasteiger partial charge on any atom is -0.494 e. The normalized spacial score (nSPS) is 22.1. The molecule has 2 N–H and O–H groups in total. The molecule has 0 spiro atoms. The van der Waals surface area contributed by atoms with Crippen molar-refractivity contribution in [3.05, 3.63) is 40.5 Å². The van der Waals surface area contributed by atoms with Crippen LogP contribution < -0.4 is 0 Å². The van der Waals surface area contributed by atoms with E-state index in [0.29, 0.717) is 29.5 Å². The minimum atomic E-state index is -5.03. The zero-order valence-electron chi connectivity index (χ0n) is 12.8. The molecule has 1 aromatic heterocycles. The quantitative estimate of drug-likeness (QED) is 0.698. The summed E-state index contributed by atoms with van der Waals surface area (Å²) in [5.74, 6) is -1.23. The van der Waals surface area contributed by atoms with E-state index in [0.717, 1.165) is 0 Å². The van der Waals surface area contributed by atoms with Crippen molar-refractivity contribution < 1.29 is 41.3 Å². The molecule has 0 radical (unpaired) electrons. The standard InChI is InChI=1S/C16H11F6NO3/c17-15(18,19)6-3-7(16(20,21)22)5-8(4-6)23-13(24)11-9-1-2-10(26-9)12(11)14(23)25/h3-5,9-10,24-25H,1-2H2. The monoisotopic (exact) mass is 379 g/mol. The van der Waals surface area contributed by atoms with E-state index in [1.165, 1.54) is 0 Å². The van der Waals surface area contributed by atoms with Gasteiger partial charge in [0.05, 0.1) is 40.1 Å². The van der Waals surface area contributed by atoms with Crippen molar-refractivity contribution in [1.29, 1.82) is 0 Å². The van der Waals surface area contributed by atoms with E-state index >= 15 is 0 Å². The molecule has 2 aromatic rings. The number of fused-ring (bicyclic) bond motifs is 5. The second kappa shape index (κ2) is 5.09. The van der Waals surface area contributed by atoms with Gasteiger partial charge in [-0.05, 0) is 31.0 Å². The van der Waals surface area contributed by atoms with Crippen LogP contribution in [0.1, 0.15) is 47.3 Å². The largest absolute Gasteiger partial charge is 0.494 e. The van der Waals surface area contributed by atoms with E-state index in [1.54, 1.807) is 0 Å². The summed E-state index contributed by atoms with van der Waals surface area (Å²) in [6, 6.07) is 0.890. The van der Waals surface area contributed by atoms with Crippen LogP contribution in [0.5, 0.6) is 11.8 Å². The third kappa shape index (κ3) is 2.35. The van der Waals surface area contributed by atoms with Gasteiger partial charge < -0.3 is 14.9 Å². The van der Waals surface area contributed by atoms with Crippen LogP contribution in [0.25, 0.3) is 5.69 Å². The molecule has 4 rings (SSSR count). The Kier molecular flexibility index (Phi) is 3.34. The summed E-state index contributed by atoms with van der Waals surface area (Å²) in [4.78, 5) is 0. The molecule has 140 valence electrons. The Hall–Kier alpha value is -2.36. The highest BCUT2D eigenvalue weighted by Crippen LogP contribution is 2.58. The van der Waals surface area contributed by atoms with Gasteiger partial charge in [0.2, 0.25) is 11.8 Å². The van der Waals surface area contributed by atoms with Crippen molar-refractivity contribution in [2.75, 3.05) is 0 Å². The Morgan fingerprint density at radius 1 is 0.808 bits per heavy atom. The average molecular weight is 379 g/mol. The Labute approximate surface area is 142 Å². The van der Waals surface area contributed by atoms with Crippen molar-refractivity contribution in [3.8, 4) is 17.4 Å². The predicted molar refractivity (Wildman–Crippen MR) is 74.9 cm³/mol. The molecular weight excluding hydrogens is 368 g/mol. The first kappa shape index (κ1) is 17.1. The van der Waals surface area contributed by atoms with Gasteiger partial charge >= 0.3 is 12.4 Å². The Balaban J connectivity index is 1.95. The van der Waals surface area contributed by atoms with Crippen LogP contribution in [0.3, 0.4) is 0 Å². The molecule has 1 fully saturated rings. The van der Waals surface area contributed by atoms with Crippen molar-refractivity contribution >= 4 is 0 Å². The van der Waals surface area contributed by atoms with Crippen LogP contribution in [0.15, 0.2) is 18.2 Å². The van der Waals surface area contributed by atoms with Crippen LogP contribution in [0.2, 0.25) is 0 Å². The van der Waals surface area contributed by atoms with E-state index in [2.05, 4.69) is 0 Å². The first-order valence-electron chi connectivity index (χ1n) is 7.60. The number of rotatable bonds is 1. The SMILES string of the molecule is Oc1c2c(c(O)n1-c1cc(C(F)(F)F)cc(C(F)(F)F)c1)C1CCC2O1. The maximum Gasteiger partial charge on any atom is 0.416 e. The molecule has 3 heterocycles. The average Bonchev–Trinajstić information content (AvgIpc) is 3.19. The number of halogens is 6. The molecule has 2 unspecified atom stereocenters. The lowest BCUT2D eigenvalue weighted by Crippen LogP contribution is -2.12. The molecule has 1 aromatic carbocycles. The van der Waals surface area contributed by atoms with E-state index in [-0.39, 0.29) is 17.2 Å². The number of hydrogen-bond acceptors (Lipinski definition) is 3. The van der Waals surface area contributed by atoms with Gasteiger partial charge in [-0.1, -0.05) is 0 Å². The highest BCUT2D eigenvalue weighted by atomic mass is 19.4. The molecule has 1 saturated heterocycles. The van der Waals surface area contributed by atoms with Gasteiger partial charge in [-0.2, -0.15) is 26.3 Å². The molecule has 2 aliphatic heterocycles. The van der Waals surface area contributed by atoms with E-state index in [4.69, 9.17) is 4.74 Å². The van der Waals surface area contributed by atoms with E-state index < -0.39 is 53.1 Å². The molecule has 26 heavy (non-hydrogen) atoms. The van der Waals surface area contributed by atoms with Crippen molar-refractivity contribution in [2.24, 2.45) is 0 Å². The molecular formula is C16H11F6NO3. The summed E-state index contributed by atoms with van der Waals surface area (Å²) >= 11 is 0. The van der Waals surface area contributed by atoms with E-state index in [1.807, 2.05) is 0 Å². The highest BCUT2D eigenvalue weighted by molar-refractivity contribution is 5.58. The Morgan fingerprint density at radius 3 is 1.62 bits per heavy atom. The van der Waals surface area contributed by atoms with Crippen LogP contribution in [-0.4, -0.2) is 14.8 Å². The topological polar surface area (TPSA) is 54.6 Å². The smallest absolute Gasteiger partial charge is 0.416 e. The molecule has 0 saturated carbocycles. The fraction of sp³-hybridized carbons (Fsp3) is 0.375. The fourth-order valence-electron chi connectivity index (χ4n) is 3.59. The van der Waals surface area contributed by atoms with Crippen LogP contribution in [0, 0.1) is 0 Å². The second-order valence-electron chi connectivity index (χ2n) is 6.26. The zero-order valence-corrected chi connectivity index (χ0v) is 12.8. The minimum absolute atomic E-state index is 0.0123. The summed E-state index contributed by atoms with van der Waals surface area (Å²) in [7, 11) is 0. The Bertz CT molecular complexity index is 833. The van der Waals surface area contributed by atoms with Gasteiger partial charge in [-0.3, -0.25) is 4.57 Å². The summed E-state index contributed by atoms with van der Waals surface area (Å²) in [5, 5.41) is 20.7. The molecule has 4 nitrogen and oxygen atoms in total. The van der Waals surface area contributed by atoms with Gasteiger partial charge in [0.25, 0.3) is 0 Å². The maximum atomic E-state index is 13.0. The maximum absolute atomic E-state index is 13.0. The van der Waals surface area contributed by atoms with Crippen LogP contribution in [0.4, 0.5) is 26.3 Å². The zero-order chi connectivity index (χ0) is 19.0. The lowest BCUT2D eigenvalue weighted by Gasteiger charge is -2.16. The first-order valence-corrected chi connectivity index (χ1v) is 7.60. The fourth-order valence-corrected chi connectivity index (χ4v) is 3.59. The summed E-state index contributed by atoms with van der Waals surface area (Å²) in [5.41, 5.74) is -3.27. The summed E-state index contributed by atoms with van der Waals surface area (Å²) < 4.78 is 84.3. The summed E-state index contributed by atoms with van der Waals surface area (Å²) in [6.07, 6.45) is -10.0. The second-order valence-corrected chi connectivity index (χ2v) is 6.26. The number of aromatic hydroxyl groups is 2. The molecule has 2 aliphatic rings. The summed E-state index contributed by atoms with van der Waals surface area (Å²) in [6.45, 7) is 0. The Morgan fingerprint density at radius 2 is 1.23 bits per heavy atom. The highest BCUT2D eigenvalue weighted by Gasteiger charge is 2.46. The molecule has 0 aliphatic carbocycles. The number of ether oxygens (including phenoxy) is 1. The van der Waals surface area contributed by atoms with E-state index in [9.17, 15) is 36.6 Å². The third-order valence-corrected chi connectivity index (χ3v) is 4.69. The number of benzene rings is 1. The van der Waals surface area contributed by atoms with Gasteiger partial charge in [0.15, 0.2) is 0 Å². The van der Waals surface area contributed by atoms with Crippen LogP contribution >= 0.6 is 0 Å². The third-order valence-electron chi connectivity index (χ3n) is 4.69. The molecule has 10 heteroatoms. The van der Waals surface area contributed by atoms with Gasteiger partial charge in [-0.15, -0.1) is 0 Å². The van der Waals surface area contributed by atoms with Gasteiger partial charge in [0.1, 0.15) is 0 Å². The molecule has 2 bridgehead atoms. The van der Waals surface area contributed by atoms with Crippen molar-refractivity contribution in [3.63, 3.8) is 0 Å². The number of nitrogens with zero attached hydrogens (tertiary/aromatic N) is 1. The van der Waals surface area contributed by atoms with Crippen molar-refractivity contribution in [1.82, 2.24) is 4.57 Å². The van der Waals surface area contributed by atoms with Gasteiger partial charge in [-0.25, -0.2) is 0 Å². The predicted octanol–water partition coefficient (Wildman–Crippen LogP) is 4.83. The molecule has 0 amide bonds. The lowest BCUT2D eigenvalue weighted by atomic mass is 9.95. The van der Waals surface area contributed by atoms with Crippen LogP contribution in [-0.2, 0) is 17.1 Å². The number of hydrogen-bond donors (Lipinski definition) is 2.